The van der Waals surface area contributed by atoms with Gasteiger partial charge in [-0.25, -0.2) is 4.99 Å². The summed E-state index contributed by atoms with van der Waals surface area (Å²) >= 11 is 1.56. The van der Waals surface area contributed by atoms with Crippen LogP contribution >= 0.6 is 11.3 Å². The SMILES string of the molecule is Cc1ccc(NC(=NC2(C)C=CN=N2)NC2CCc3sc(NC(=O)C4CC4)c(C(=O)NCC4CC4)c3C2)cc1.O=CO. The van der Waals surface area contributed by atoms with Crippen LogP contribution in [-0.2, 0) is 22.4 Å². The maximum Gasteiger partial charge on any atom is 0.290 e. The Morgan fingerprint density at radius 2 is 1.88 bits per heavy atom. The highest BCUT2D eigenvalue weighted by Gasteiger charge is 2.35. The molecule has 1 aromatic heterocycles. The quantitative estimate of drug-likeness (QED) is 0.168. The zero-order valence-electron chi connectivity index (χ0n) is 23.9. The van der Waals surface area contributed by atoms with Crippen molar-refractivity contribution < 1.29 is 19.5 Å². The van der Waals surface area contributed by atoms with Crippen molar-refractivity contribution in [3.8, 4) is 0 Å². The van der Waals surface area contributed by atoms with Crippen molar-refractivity contribution in [2.45, 2.75) is 70.5 Å². The van der Waals surface area contributed by atoms with Crippen molar-refractivity contribution in [1.82, 2.24) is 10.6 Å². The van der Waals surface area contributed by atoms with Crippen LogP contribution in [0.15, 0.2) is 51.8 Å². The topological polar surface area (TPSA) is 157 Å². The zero-order valence-corrected chi connectivity index (χ0v) is 24.7. The number of thiophene rings is 1. The van der Waals surface area contributed by atoms with Gasteiger partial charge in [0.25, 0.3) is 12.4 Å². The summed E-state index contributed by atoms with van der Waals surface area (Å²) in [5.74, 6) is 1.22. The highest BCUT2D eigenvalue weighted by molar-refractivity contribution is 7.17. The molecule has 0 bridgehead atoms. The summed E-state index contributed by atoms with van der Waals surface area (Å²) in [4.78, 5) is 40.5. The smallest absolute Gasteiger partial charge is 0.290 e. The van der Waals surface area contributed by atoms with Gasteiger partial charge < -0.3 is 26.4 Å². The van der Waals surface area contributed by atoms with Gasteiger partial charge in [0, 0.05) is 35.3 Å². The Kier molecular flexibility index (Phi) is 9.00. The van der Waals surface area contributed by atoms with Gasteiger partial charge in [-0.15, -0.1) is 11.3 Å². The van der Waals surface area contributed by atoms with Crippen LogP contribution in [0.5, 0.6) is 0 Å². The first-order valence-corrected chi connectivity index (χ1v) is 15.2. The van der Waals surface area contributed by atoms with Gasteiger partial charge in [-0.2, -0.15) is 10.2 Å². The normalized spacial score (nSPS) is 22.4. The number of nitrogens with one attached hydrogen (secondary N) is 4. The lowest BCUT2D eigenvalue weighted by molar-refractivity contribution is -0.123. The minimum absolute atomic E-state index is 0.0308. The summed E-state index contributed by atoms with van der Waals surface area (Å²) in [7, 11) is 0. The second-order valence-corrected chi connectivity index (χ2v) is 12.5. The lowest BCUT2D eigenvalue weighted by atomic mass is 9.91. The van der Waals surface area contributed by atoms with Gasteiger partial charge in [0.2, 0.25) is 5.91 Å². The van der Waals surface area contributed by atoms with Gasteiger partial charge in [-0.1, -0.05) is 17.7 Å². The summed E-state index contributed by atoms with van der Waals surface area (Å²) in [6.07, 6.45) is 10.1. The second kappa shape index (κ2) is 12.8. The van der Waals surface area contributed by atoms with Crippen molar-refractivity contribution in [3.05, 3.63) is 58.1 Å². The summed E-state index contributed by atoms with van der Waals surface area (Å²) in [6, 6.07) is 8.21. The molecule has 0 saturated heterocycles. The maximum atomic E-state index is 13.4. The molecule has 4 aliphatic rings. The van der Waals surface area contributed by atoms with E-state index in [0.29, 0.717) is 35.4 Å². The number of nitrogens with zero attached hydrogens (tertiary/aromatic N) is 3. The molecule has 2 amide bonds. The number of guanidine groups is 1. The highest BCUT2D eigenvalue weighted by atomic mass is 32.1. The number of hydrogen-bond acceptors (Lipinski definition) is 7. The number of benzene rings is 1. The molecule has 2 unspecified atom stereocenters. The number of amides is 2. The van der Waals surface area contributed by atoms with Gasteiger partial charge >= 0.3 is 0 Å². The largest absolute Gasteiger partial charge is 0.483 e. The van der Waals surface area contributed by atoms with E-state index in [1.807, 2.05) is 25.1 Å². The number of hydrogen-bond donors (Lipinski definition) is 5. The van der Waals surface area contributed by atoms with E-state index in [1.165, 1.54) is 23.3 Å². The van der Waals surface area contributed by atoms with Crippen molar-refractivity contribution >= 4 is 46.3 Å². The number of carbonyl (C=O) groups is 3. The fourth-order valence-corrected chi connectivity index (χ4v) is 6.19. The average Bonchev–Trinajstić information content (AvgIpc) is 3.89. The van der Waals surface area contributed by atoms with Crippen LogP contribution in [0.2, 0.25) is 0 Å². The molecule has 222 valence electrons. The Morgan fingerprint density at radius 1 is 1.14 bits per heavy atom. The lowest BCUT2D eigenvalue weighted by Gasteiger charge is -2.27. The van der Waals surface area contributed by atoms with Crippen LogP contribution in [0.3, 0.4) is 0 Å². The lowest BCUT2D eigenvalue weighted by Crippen LogP contribution is -2.43. The molecule has 5 N–H and O–H groups in total. The van der Waals surface area contributed by atoms with E-state index < -0.39 is 5.66 Å². The minimum Gasteiger partial charge on any atom is -0.483 e. The molecule has 0 radical (unpaired) electrons. The van der Waals surface area contributed by atoms with Gasteiger partial charge in [0.15, 0.2) is 11.6 Å². The summed E-state index contributed by atoms with van der Waals surface area (Å²) in [5.41, 5.74) is 2.99. The van der Waals surface area contributed by atoms with Crippen LogP contribution in [0.4, 0.5) is 10.7 Å². The molecular weight excluding hydrogens is 554 g/mol. The fraction of sp³-hybridized carbons (Fsp3) is 0.467. The predicted molar refractivity (Wildman–Crippen MR) is 163 cm³/mol. The third-order valence-corrected chi connectivity index (χ3v) is 8.84. The molecule has 0 spiro atoms. The molecule has 42 heavy (non-hydrogen) atoms. The Bertz CT molecular complexity index is 1400. The molecule has 12 heteroatoms. The molecule has 3 aliphatic carbocycles. The van der Waals surface area contributed by atoms with E-state index in [0.717, 1.165) is 36.9 Å². The molecule has 2 atom stereocenters. The first-order valence-electron chi connectivity index (χ1n) is 14.4. The maximum absolute atomic E-state index is 13.4. The molecule has 2 heterocycles. The summed E-state index contributed by atoms with van der Waals surface area (Å²) in [5, 5.41) is 29.1. The fourth-order valence-electron chi connectivity index (χ4n) is 4.95. The molecule has 6 rings (SSSR count). The van der Waals surface area contributed by atoms with E-state index in [4.69, 9.17) is 14.9 Å². The molecule has 1 aromatic carbocycles. The van der Waals surface area contributed by atoms with E-state index >= 15 is 0 Å². The summed E-state index contributed by atoms with van der Waals surface area (Å²) in [6.45, 7) is 4.41. The number of azo groups is 1. The standard InChI is InChI=1S/C29H35N7O2S.CH2O2/c1-17-3-9-20(10-4-17)32-28(35-29(2)13-14-31-36-29)33-21-11-12-23-22(15-21)24(26(38)30-16-18-5-6-18)27(39-23)34-25(37)19-7-8-19;2-1-3/h3-4,9-10,13-14,18-19,21H,5-8,11-12,15-16H2,1-2H3,(H,30,38)(H,34,37)(H2,32,33,35);1H,(H,2,3). The number of aryl methyl sites for hydroxylation is 2. The van der Waals surface area contributed by atoms with Gasteiger partial charge in [0.05, 0.1) is 5.56 Å². The first-order chi connectivity index (χ1) is 20.3. The van der Waals surface area contributed by atoms with Crippen LogP contribution < -0.4 is 21.3 Å². The van der Waals surface area contributed by atoms with Crippen molar-refractivity contribution in [3.63, 3.8) is 0 Å². The van der Waals surface area contributed by atoms with E-state index in [1.54, 1.807) is 17.5 Å². The number of anilines is 2. The molecular formula is C30H37N7O4S. The first kappa shape index (κ1) is 29.4. The monoisotopic (exact) mass is 591 g/mol. The van der Waals surface area contributed by atoms with E-state index in [-0.39, 0.29) is 30.2 Å². The number of aliphatic imine (C=N–C) groups is 1. The van der Waals surface area contributed by atoms with E-state index in [2.05, 4.69) is 50.6 Å². The van der Waals surface area contributed by atoms with Crippen LogP contribution in [0, 0.1) is 18.8 Å². The third kappa shape index (κ3) is 7.61. The van der Waals surface area contributed by atoms with Crippen molar-refractivity contribution in [1.29, 1.82) is 0 Å². The van der Waals surface area contributed by atoms with Crippen LogP contribution in [0.1, 0.15) is 65.4 Å². The zero-order chi connectivity index (χ0) is 29.7. The van der Waals surface area contributed by atoms with Crippen molar-refractivity contribution in [2.75, 3.05) is 17.2 Å². The number of rotatable bonds is 8. The molecule has 1 aliphatic heterocycles. The molecule has 2 fully saturated rings. The second-order valence-electron chi connectivity index (χ2n) is 11.4. The number of carbonyl (C=O) groups excluding carboxylic acids is 2. The van der Waals surface area contributed by atoms with Crippen LogP contribution in [0.25, 0.3) is 0 Å². The van der Waals surface area contributed by atoms with Gasteiger partial charge in [0.1, 0.15) is 5.00 Å². The minimum atomic E-state index is -0.781. The Hall–Kier alpha value is -4.06. The van der Waals surface area contributed by atoms with Crippen molar-refractivity contribution in [2.24, 2.45) is 27.1 Å². The Morgan fingerprint density at radius 3 is 2.52 bits per heavy atom. The Balaban J connectivity index is 0.00000113. The third-order valence-electron chi connectivity index (χ3n) is 7.63. The number of carboxylic acid groups (broad SMARTS) is 1. The van der Waals surface area contributed by atoms with Gasteiger partial charge in [-0.05, 0) is 88.5 Å². The predicted octanol–water partition coefficient (Wildman–Crippen LogP) is 4.86. The average molecular weight is 592 g/mol. The molecule has 11 nitrogen and oxygen atoms in total. The summed E-state index contributed by atoms with van der Waals surface area (Å²) < 4.78 is 0. The molecule has 2 aromatic rings. The molecule has 2 saturated carbocycles. The highest BCUT2D eigenvalue weighted by Crippen LogP contribution is 2.40. The van der Waals surface area contributed by atoms with E-state index in [9.17, 15) is 9.59 Å². The van der Waals surface area contributed by atoms with Gasteiger partial charge in [-0.3, -0.25) is 14.4 Å². The van der Waals surface area contributed by atoms with Crippen LogP contribution in [-0.4, -0.2) is 47.6 Å². The Labute approximate surface area is 249 Å². The number of fused-ring (bicyclic) bond motifs is 1.